The molecule has 1 unspecified atom stereocenters. The second-order valence-electron chi connectivity index (χ2n) is 6.84. The lowest BCUT2D eigenvalue weighted by Crippen LogP contribution is -2.34. The summed E-state index contributed by atoms with van der Waals surface area (Å²) in [7, 11) is 1.85. The van der Waals surface area contributed by atoms with E-state index in [1.54, 1.807) is 11.8 Å². The summed E-state index contributed by atoms with van der Waals surface area (Å²) in [5.74, 6) is 0.955. The fourth-order valence-electron chi connectivity index (χ4n) is 3.03. The van der Waals surface area contributed by atoms with E-state index in [-0.39, 0.29) is 6.04 Å². The largest absolute Gasteiger partial charge is 0.313 e. The predicted molar refractivity (Wildman–Crippen MR) is 118 cm³/mol. The van der Waals surface area contributed by atoms with Crippen LogP contribution in [0.15, 0.2) is 69.9 Å². The number of benzene rings is 1. The van der Waals surface area contributed by atoms with Crippen molar-refractivity contribution in [3.8, 4) is 0 Å². The molecule has 1 saturated heterocycles. The van der Waals surface area contributed by atoms with Crippen LogP contribution < -0.4 is 0 Å². The molecule has 0 amide bonds. The van der Waals surface area contributed by atoms with Gasteiger partial charge < -0.3 is 4.90 Å². The maximum absolute atomic E-state index is 4.51. The quantitative estimate of drug-likeness (QED) is 0.487. The van der Waals surface area contributed by atoms with Gasteiger partial charge in [-0.05, 0) is 45.8 Å². The molecule has 1 fully saturated rings. The third kappa shape index (κ3) is 4.55. The Labute approximate surface area is 162 Å². The second kappa shape index (κ2) is 9.04. The Morgan fingerprint density at radius 3 is 2.35 bits per heavy atom. The van der Waals surface area contributed by atoms with Gasteiger partial charge in [0, 0.05) is 36.0 Å². The van der Waals surface area contributed by atoms with Crippen molar-refractivity contribution in [3.05, 3.63) is 65.5 Å². The zero-order chi connectivity index (χ0) is 19.3. The number of hydrogen-bond acceptors (Lipinski definition) is 3. The zero-order valence-corrected chi connectivity index (χ0v) is 17.5. The van der Waals surface area contributed by atoms with Gasteiger partial charge in [-0.3, -0.25) is 9.98 Å². The summed E-state index contributed by atoms with van der Waals surface area (Å²) in [6.45, 7) is 14.9. The first-order valence-electron chi connectivity index (χ1n) is 8.85. The maximum Gasteiger partial charge on any atom is 0.164 e. The number of hydrogen-bond donors (Lipinski definition) is 0. The molecule has 0 spiro atoms. The van der Waals surface area contributed by atoms with Crippen molar-refractivity contribution in [3.63, 3.8) is 0 Å². The van der Waals surface area contributed by atoms with Crippen LogP contribution in [-0.2, 0) is 0 Å². The summed E-state index contributed by atoms with van der Waals surface area (Å²) in [6.07, 6.45) is 1.98. The highest BCUT2D eigenvalue weighted by molar-refractivity contribution is 8.14. The molecule has 3 nitrogen and oxygen atoms in total. The Hall–Kier alpha value is -2.07. The first kappa shape index (κ1) is 20.2. The van der Waals surface area contributed by atoms with Gasteiger partial charge in [0.1, 0.15) is 0 Å². The monoisotopic (exact) mass is 367 g/mol. The number of aliphatic imine (C=N–C) groups is 2. The van der Waals surface area contributed by atoms with Crippen LogP contribution in [0, 0.1) is 0 Å². The van der Waals surface area contributed by atoms with E-state index in [0.717, 1.165) is 22.3 Å². The van der Waals surface area contributed by atoms with Gasteiger partial charge in [0.2, 0.25) is 0 Å². The van der Waals surface area contributed by atoms with Gasteiger partial charge in [0.15, 0.2) is 5.17 Å². The molecule has 1 heterocycles. The molecule has 0 radical (unpaired) electrons. The average Bonchev–Trinajstić information content (AvgIpc) is 3.04. The van der Waals surface area contributed by atoms with E-state index in [9.17, 15) is 0 Å². The third-order valence-electron chi connectivity index (χ3n) is 4.27. The van der Waals surface area contributed by atoms with E-state index in [2.05, 4.69) is 66.5 Å². The molecule has 0 N–H and O–H groups in total. The van der Waals surface area contributed by atoms with Gasteiger partial charge in [-0.25, -0.2) is 0 Å². The van der Waals surface area contributed by atoms with Crippen LogP contribution in [0.2, 0.25) is 0 Å². The number of amidine groups is 1. The van der Waals surface area contributed by atoms with E-state index < -0.39 is 0 Å². The fraction of sp³-hybridized carbons (Fsp3) is 0.364. The minimum Gasteiger partial charge on any atom is -0.313 e. The van der Waals surface area contributed by atoms with Crippen molar-refractivity contribution in [2.75, 3.05) is 12.8 Å². The minimum atomic E-state index is 0.215. The summed E-state index contributed by atoms with van der Waals surface area (Å²) in [5, 5.41) is 1.01. The highest BCUT2D eigenvalue weighted by Crippen LogP contribution is 2.37. The normalized spacial score (nSPS) is 18.8. The molecule has 4 heteroatoms. The number of rotatable bonds is 5. The van der Waals surface area contributed by atoms with E-state index in [4.69, 9.17) is 0 Å². The number of allylic oxidation sites excluding steroid dienone is 2. The highest BCUT2D eigenvalue weighted by Gasteiger charge is 2.34. The second-order valence-corrected chi connectivity index (χ2v) is 7.83. The number of nitrogens with zero attached hydrogens (tertiary/aromatic N) is 3. The molecule has 0 saturated carbocycles. The highest BCUT2D eigenvalue weighted by atomic mass is 32.2. The van der Waals surface area contributed by atoms with Crippen LogP contribution in [0.3, 0.4) is 0 Å². The zero-order valence-electron chi connectivity index (χ0n) is 16.7. The van der Waals surface area contributed by atoms with Gasteiger partial charge in [0.25, 0.3) is 0 Å². The maximum atomic E-state index is 4.51. The minimum absolute atomic E-state index is 0.215. The van der Waals surface area contributed by atoms with E-state index in [0.29, 0.717) is 0 Å². The predicted octanol–water partition coefficient (Wildman–Crippen LogP) is 5.78. The summed E-state index contributed by atoms with van der Waals surface area (Å²) >= 11 is 1.78. The van der Waals surface area contributed by atoms with Gasteiger partial charge in [-0.2, -0.15) is 0 Å². The molecule has 138 valence electrons. The molecule has 1 aromatic carbocycles. The molecular weight excluding hydrogens is 338 g/mol. The molecular formula is C22H29N3S. The van der Waals surface area contributed by atoms with Gasteiger partial charge in [-0.15, -0.1) is 0 Å². The molecule has 1 aliphatic heterocycles. The lowest BCUT2D eigenvalue weighted by Gasteiger charge is -2.30. The smallest absolute Gasteiger partial charge is 0.164 e. The molecule has 1 aromatic rings. The Morgan fingerprint density at radius 2 is 1.81 bits per heavy atom. The summed E-state index contributed by atoms with van der Waals surface area (Å²) in [5.41, 5.74) is 6.89. The summed E-state index contributed by atoms with van der Waals surface area (Å²) < 4.78 is 0. The van der Waals surface area contributed by atoms with Crippen LogP contribution in [0.1, 0.15) is 40.2 Å². The first-order valence-corrected chi connectivity index (χ1v) is 9.84. The van der Waals surface area contributed by atoms with Crippen LogP contribution in [0.5, 0.6) is 0 Å². The van der Waals surface area contributed by atoms with Gasteiger partial charge in [-0.1, -0.05) is 54.2 Å². The van der Waals surface area contributed by atoms with E-state index in [1.165, 1.54) is 22.3 Å². The van der Waals surface area contributed by atoms with Crippen molar-refractivity contribution in [1.29, 1.82) is 0 Å². The SMILES string of the molecule is C=C(C(=C(C)C)c1ccccc1)N1C(=NC)SCC1/C(C)=C/N=C(C)C. The Morgan fingerprint density at radius 1 is 1.15 bits per heavy atom. The van der Waals surface area contributed by atoms with Crippen molar-refractivity contribution in [1.82, 2.24) is 4.90 Å². The van der Waals surface area contributed by atoms with Crippen LogP contribution in [0.25, 0.3) is 5.57 Å². The Kier molecular flexibility index (Phi) is 7.04. The van der Waals surface area contributed by atoms with Crippen molar-refractivity contribution < 1.29 is 0 Å². The van der Waals surface area contributed by atoms with Crippen molar-refractivity contribution >= 4 is 28.2 Å². The van der Waals surface area contributed by atoms with Crippen LogP contribution in [-0.4, -0.2) is 34.6 Å². The Bertz CT molecular complexity index is 777. The molecule has 1 aliphatic rings. The van der Waals surface area contributed by atoms with Crippen LogP contribution in [0.4, 0.5) is 0 Å². The van der Waals surface area contributed by atoms with Crippen LogP contribution >= 0.6 is 11.8 Å². The molecule has 26 heavy (non-hydrogen) atoms. The third-order valence-corrected chi connectivity index (χ3v) is 5.39. The van der Waals surface area contributed by atoms with Crippen molar-refractivity contribution in [2.45, 2.75) is 40.7 Å². The molecule has 1 atom stereocenters. The van der Waals surface area contributed by atoms with Gasteiger partial charge in [0.05, 0.1) is 6.04 Å². The molecule has 0 bridgehead atoms. The number of thioether (sulfide) groups is 1. The summed E-state index contributed by atoms with van der Waals surface area (Å²) in [4.78, 5) is 11.3. The fourth-order valence-corrected chi connectivity index (χ4v) is 4.25. The summed E-state index contributed by atoms with van der Waals surface area (Å²) in [6, 6.07) is 10.7. The lowest BCUT2D eigenvalue weighted by atomic mass is 9.97. The van der Waals surface area contributed by atoms with Crippen molar-refractivity contribution in [2.24, 2.45) is 9.98 Å². The average molecular weight is 368 g/mol. The van der Waals surface area contributed by atoms with Gasteiger partial charge >= 0.3 is 0 Å². The molecule has 0 aliphatic carbocycles. The molecule has 2 rings (SSSR count). The first-order chi connectivity index (χ1) is 12.4. The topological polar surface area (TPSA) is 28.0 Å². The molecule has 0 aromatic heterocycles. The van der Waals surface area contributed by atoms with E-state index >= 15 is 0 Å². The lowest BCUT2D eigenvalue weighted by molar-refractivity contribution is 0.484. The standard InChI is InChI=1S/C22H29N3S/c1-15(2)21(19-11-9-8-10-12-19)18(6)25-20(14-26-22(25)23-7)17(5)13-24-16(3)4/h8-13,20H,6,14H2,1-5,7H3/b17-13+,23-22?. The Balaban J connectivity index is 2.46. The van der Waals surface area contributed by atoms with E-state index in [1.807, 2.05) is 33.2 Å².